The van der Waals surface area contributed by atoms with Gasteiger partial charge in [0.25, 0.3) is 0 Å². The van der Waals surface area contributed by atoms with Crippen molar-refractivity contribution in [2.24, 2.45) is 5.92 Å². The molecule has 1 aromatic rings. The highest BCUT2D eigenvalue weighted by Crippen LogP contribution is 2.13. The van der Waals surface area contributed by atoms with Crippen LogP contribution in [0, 0.1) is 12.8 Å². The number of carbonyl (C=O) groups is 1. The van der Waals surface area contributed by atoms with Crippen molar-refractivity contribution in [3.05, 3.63) is 29.8 Å². The van der Waals surface area contributed by atoms with Crippen LogP contribution in [0.3, 0.4) is 0 Å². The van der Waals surface area contributed by atoms with Gasteiger partial charge >= 0.3 is 0 Å². The van der Waals surface area contributed by atoms with Crippen molar-refractivity contribution >= 4 is 27.7 Å². The number of piperidine rings is 1. The maximum Gasteiger partial charge on any atom is 0.241 e. The molecule has 2 unspecified atom stereocenters. The van der Waals surface area contributed by atoms with Crippen molar-refractivity contribution in [2.75, 3.05) is 31.6 Å². The average molecular weight is 400 g/mol. The molecule has 0 bridgehead atoms. The lowest BCUT2D eigenvalue weighted by molar-refractivity contribution is -0.123. The summed E-state index contributed by atoms with van der Waals surface area (Å²) in [5.41, 5.74) is 0.988. The summed E-state index contributed by atoms with van der Waals surface area (Å²) in [5.74, 6) is 0.863. The van der Waals surface area contributed by atoms with Gasteiger partial charge in [0.2, 0.25) is 15.9 Å². The summed E-state index contributed by atoms with van der Waals surface area (Å²) in [4.78, 5) is 12.8. The first-order valence-corrected chi connectivity index (χ1v) is 11.9. The van der Waals surface area contributed by atoms with Crippen LogP contribution in [0.5, 0.6) is 0 Å². The fourth-order valence-electron chi connectivity index (χ4n) is 2.92. The van der Waals surface area contributed by atoms with Crippen LogP contribution in [-0.2, 0) is 14.8 Å². The Labute approximate surface area is 160 Å². The highest BCUT2D eigenvalue weighted by atomic mass is 32.2. The Hall–Kier alpha value is -1.09. The van der Waals surface area contributed by atoms with Gasteiger partial charge in [0.05, 0.1) is 4.90 Å². The van der Waals surface area contributed by atoms with Crippen molar-refractivity contribution in [3.63, 3.8) is 0 Å². The van der Waals surface area contributed by atoms with Gasteiger partial charge in [-0.3, -0.25) is 4.79 Å². The number of rotatable bonds is 9. The molecule has 0 spiro atoms. The van der Waals surface area contributed by atoms with Gasteiger partial charge in [0.15, 0.2) is 0 Å². The van der Waals surface area contributed by atoms with Crippen molar-refractivity contribution in [1.82, 2.24) is 15.4 Å². The highest BCUT2D eigenvalue weighted by molar-refractivity contribution is 7.98. The van der Waals surface area contributed by atoms with E-state index in [1.54, 1.807) is 36.0 Å². The van der Waals surface area contributed by atoms with Gasteiger partial charge in [-0.05, 0) is 69.3 Å². The molecule has 0 saturated carbocycles. The van der Waals surface area contributed by atoms with Crippen molar-refractivity contribution in [1.29, 1.82) is 0 Å². The molecular weight excluding hydrogens is 370 g/mol. The predicted octanol–water partition coefficient (Wildman–Crippen LogP) is 1.51. The van der Waals surface area contributed by atoms with Gasteiger partial charge in [-0.1, -0.05) is 17.7 Å². The molecule has 2 atom stereocenters. The number of hydrogen-bond donors (Lipinski definition) is 3. The Morgan fingerprint density at radius 1 is 1.35 bits per heavy atom. The maximum absolute atomic E-state index is 12.6. The first-order valence-electron chi connectivity index (χ1n) is 8.99. The number of aryl methyl sites for hydroxylation is 1. The van der Waals surface area contributed by atoms with E-state index in [1.807, 2.05) is 13.2 Å². The zero-order valence-electron chi connectivity index (χ0n) is 15.5. The Bertz CT molecular complexity index is 671. The smallest absolute Gasteiger partial charge is 0.241 e. The van der Waals surface area contributed by atoms with Gasteiger partial charge in [-0.25, -0.2) is 8.42 Å². The number of benzene rings is 1. The van der Waals surface area contributed by atoms with E-state index in [1.165, 1.54) is 0 Å². The molecule has 0 aromatic heterocycles. The van der Waals surface area contributed by atoms with Crippen LogP contribution in [0.1, 0.15) is 24.8 Å². The molecule has 26 heavy (non-hydrogen) atoms. The Balaban J connectivity index is 2.00. The molecular formula is C18H29N3O3S2. The summed E-state index contributed by atoms with van der Waals surface area (Å²) in [7, 11) is -3.73. The summed E-state index contributed by atoms with van der Waals surface area (Å²) >= 11 is 1.59. The largest absolute Gasteiger partial charge is 0.354 e. The Morgan fingerprint density at radius 2 is 2.08 bits per heavy atom. The zero-order chi connectivity index (χ0) is 19.0. The van der Waals surface area contributed by atoms with Gasteiger partial charge in [-0.15, -0.1) is 0 Å². The molecule has 1 saturated heterocycles. The van der Waals surface area contributed by atoms with Crippen LogP contribution < -0.4 is 15.4 Å². The number of amides is 1. The molecule has 1 amide bonds. The second-order valence-corrected chi connectivity index (χ2v) is 9.43. The van der Waals surface area contributed by atoms with Crippen molar-refractivity contribution in [2.45, 2.75) is 37.1 Å². The van der Waals surface area contributed by atoms with E-state index in [4.69, 9.17) is 0 Å². The van der Waals surface area contributed by atoms with E-state index < -0.39 is 16.1 Å². The first kappa shape index (κ1) is 21.2. The normalized spacial score (nSPS) is 19.1. The third kappa shape index (κ3) is 6.57. The van der Waals surface area contributed by atoms with E-state index in [0.717, 1.165) is 31.5 Å². The third-order valence-electron chi connectivity index (χ3n) is 4.52. The molecule has 0 radical (unpaired) electrons. The highest BCUT2D eigenvalue weighted by Gasteiger charge is 2.26. The fraction of sp³-hybridized carbons (Fsp3) is 0.611. The minimum absolute atomic E-state index is 0.182. The van der Waals surface area contributed by atoms with Crippen LogP contribution >= 0.6 is 11.8 Å². The summed E-state index contributed by atoms with van der Waals surface area (Å²) < 4.78 is 27.8. The third-order valence-corrected chi connectivity index (χ3v) is 6.65. The second-order valence-electron chi connectivity index (χ2n) is 6.73. The average Bonchev–Trinajstić information content (AvgIpc) is 2.64. The Kier molecular flexibility index (Phi) is 8.40. The molecule has 1 aliphatic heterocycles. The summed E-state index contributed by atoms with van der Waals surface area (Å²) in [6.07, 6.45) is 4.59. The molecule has 2 rings (SSSR count). The molecule has 1 fully saturated rings. The van der Waals surface area contributed by atoms with E-state index >= 15 is 0 Å². The Morgan fingerprint density at radius 3 is 2.69 bits per heavy atom. The van der Waals surface area contributed by atoms with E-state index in [9.17, 15) is 13.2 Å². The summed E-state index contributed by atoms with van der Waals surface area (Å²) in [6.45, 7) is 4.40. The molecule has 3 N–H and O–H groups in total. The lowest BCUT2D eigenvalue weighted by Gasteiger charge is -2.24. The SMILES string of the molecule is CSCCC(NS(=O)(=O)c1ccc(C)cc1)C(=O)NCC1CCCNC1. The number of sulfonamides is 1. The molecule has 6 nitrogen and oxygen atoms in total. The minimum atomic E-state index is -3.73. The van der Waals surface area contributed by atoms with Gasteiger partial charge in [0, 0.05) is 6.54 Å². The number of hydrogen-bond acceptors (Lipinski definition) is 5. The van der Waals surface area contributed by atoms with Crippen LogP contribution in [-0.4, -0.2) is 52.0 Å². The van der Waals surface area contributed by atoms with Gasteiger partial charge in [0.1, 0.15) is 6.04 Å². The molecule has 1 heterocycles. The number of carbonyl (C=O) groups excluding carboxylic acids is 1. The fourth-order valence-corrected chi connectivity index (χ4v) is 4.62. The predicted molar refractivity (Wildman–Crippen MR) is 107 cm³/mol. The quantitative estimate of drug-likeness (QED) is 0.586. The van der Waals surface area contributed by atoms with Crippen LogP contribution in [0.4, 0.5) is 0 Å². The standard InChI is InChI=1S/C18H29N3O3S2/c1-14-5-7-16(8-6-14)26(23,24)21-17(9-11-25-2)18(22)20-13-15-4-3-10-19-12-15/h5-8,15,17,19,21H,3-4,9-13H2,1-2H3,(H,20,22). The molecule has 146 valence electrons. The minimum Gasteiger partial charge on any atom is -0.354 e. The molecule has 1 aliphatic rings. The number of nitrogens with one attached hydrogen (secondary N) is 3. The molecule has 1 aromatic carbocycles. The lowest BCUT2D eigenvalue weighted by atomic mass is 9.99. The molecule has 0 aliphatic carbocycles. The van der Waals surface area contributed by atoms with Crippen molar-refractivity contribution in [3.8, 4) is 0 Å². The lowest BCUT2D eigenvalue weighted by Crippen LogP contribution is -2.49. The second kappa shape index (κ2) is 10.3. The molecule has 8 heteroatoms. The van der Waals surface area contributed by atoms with Gasteiger partial charge in [-0.2, -0.15) is 16.5 Å². The maximum atomic E-state index is 12.6. The number of thioether (sulfide) groups is 1. The van der Waals surface area contributed by atoms with Gasteiger partial charge < -0.3 is 10.6 Å². The summed E-state index contributed by atoms with van der Waals surface area (Å²) in [5, 5.41) is 6.25. The van der Waals surface area contributed by atoms with Crippen LogP contribution in [0.25, 0.3) is 0 Å². The first-order chi connectivity index (χ1) is 12.4. The van der Waals surface area contributed by atoms with Crippen molar-refractivity contribution < 1.29 is 13.2 Å². The zero-order valence-corrected chi connectivity index (χ0v) is 17.1. The summed E-state index contributed by atoms with van der Waals surface area (Å²) in [6, 6.07) is 5.87. The van der Waals surface area contributed by atoms with E-state index in [2.05, 4.69) is 15.4 Å². The van der Waals surface area contributed by atoms with E-state index in [0.29, 0.717) is 24.6 Å². The topological polar surface area (TPSA) is 87.3 Å². The van der Waals surface area contributed by atoms with Crippen LogP contribution in [0.2, 0.25) is 0 Å². The van der Waals surface area contributed by atoms with Crippen LogP contribution in [0.15, 0.2) is 29.2 Å². The van der Waals surface area contributed by atoms with E-state index in [-0.39, 0.29) is 10.8 Å². The monoisotopic (exact) mass is 399 g/mol.